The average molecular weight is 467 g/mol. The molecule has 3 aromatic rings. The minimum Gasteiger partial charge on any atom is -0.354 e. The molecule has 2 aromatic carbocycles. The highest BCUT2D eigenvalue weighted by atomic mass is 19.4. The van der Waals surface area contributed by atoms with Crippen LogP contribution in [-0.4, -0.2) is 42.0 Å². The van der Waals surface area contributed by atoms with Crippen LogP contribution in [0.2, 0.25) is 0 Å². The number of amides is 1. The van der Waals surface area contributed by atoms with Crippen molar-refractivity contribution in [3.63, 3.8) is 0 Å². The second-order valence-corrected chi connectivity index (χ2v) is 8.10. The number of hydrogen-bond acceptors (Lipinski definition) is 4. The van der Waals surface area contributed by atoms with Crippen molar-refractivity contribution in [1.29, 1.82) is 0 Å². The molecule has 1 amide bonds. The van der Waals surface area contributed by atoms with Crippen LogP contribution >= 0.6 is 0 Å². The van der Waals surface area contributed by atoms with E-state index < -0.39 is 11.7 Å². The molecular formula is C26H25F3N4O. The molecule has 0 saturated carbocycles. The summed E-state index contributed by atoms with van der Waals surface area (Å²) >= 11 is 0. The maximum Gasteiger partial charge on any atom is 0.416 e. The molecule has 1 N–H and O–H groups in total. The molecule has 1 fully saturated rings. The average Bonchev–Trinajstić information content (AvgIpc) is 2.84. The first-order valence-electron chi connectivity index (χ1n) is 11.0. The van der Waals surface area contributed by atoms with Crippen molar-refractivity contribution in [3.8, 4) is 0 Å². The van der Waals surface area contributed by atoms with Crippen LogP contribution in [-0.2, 0) is 17.5 Å². The first kappa shape index (κ1) is 23.5. The van der Waals surface area contributed by atoms with E-state index in [2.05, 4.69) is 20.1 Å². The molecule has 5 nitrogen and oxygen atoms in total. The Morgan fingerprint density at radius 1 is 0.941 bits per heavy atom. The fourth-order valence-electron chi connectivity index (χ4n) is 3.76. The number of nitrogens with zero attached hydrogens (tertiary/aromatic N) is 3. The lowest BCUT2D eigenvalue weighted by Crippen LogP contribution is -2.46. The Bertz CT molecular complexity index is 1110. The summed E-state index contributed by atoms with van der Waals surface area (Å²) in [5.74, 6) is 0.599. The van der Waals surface area contributed by atoms with Crippen LogP contribution in [0.5, 0.6) is 0 Å². The van der Waals surface area contributed by atoms with E-state index in [4.69, 9.17) is 0 Å². The van der Waals surface area contributed by atoms with Crippen molar-refractivity contribution in [1.82, 2.24) is 9.88 Å². The Morgan fingerprint density at radius 2 is 1.65 bits per heavy atom. The lowest BCUT2D eigenvalue weighted by molar-refractivity contribution is -0.137. The van der Waals surface area contributed by atoms with Gasteiger partial charge in [0, 0.05) is 38.8 Å². The molecule has 1 aromatic heterocycles. The number of anilines is 2. The molecular weight excluding hydrogens is 441 g/mol. The van der Waals surface area contributed by atoms with Crippen molar-refractivity contribution in [2.75, 3.05) is 36.4 Å². The highest BCUT2D eigenvalue weighted by Crippen LogP contribution is 2.29. The van der Waals surface area contributed by atoms with E-state index in [-0.39, 0.29) is 5.91 Å². The predicted octanol–water partition coefficient (Wildman–Crippen LogP) is 5.07. The number of carbonyl (C=O) groups excluding carboxylic acids is 1. The SMILES string of the molecule is O=C(/C=C/c1ccccc1)Nc1ccc(N2CCN(Cc3ccc(C(F)(F)F)cc3)CC2)nc1. The minimum absolute atomic E-state index is 0.227. The zero-order chi connectivity index (χ0) is 24.0. The number of halogens is 3. The topological polar surface area (TPSA) is 48.5 Å². The monoisotopic (exact) mass is 466 g/mol. The number of alkyl halides is 3. The van der Waals surface area contributed by atoms with Crippen LogP contribution in [0.4, 0.5) is 24.7 Å². The van der Waals surface area contributed by atoms with E-state index >= 15 is 0 Å². The smallest absolute Gasteiger partial charge is 0.354 e. The first-order valence-corrected chi connectivity index (χ1v) is 11.0. The summed E-state index contributed by atoms with van der Waals surface area (Å²) in [6.45, 7) is 3.70. The normalized spacial score (nSPS) is 15.0. The molecule has 4 rings (SSSR count). The van der Waals surface area contributed by atoms with Gasteiger partial charge in [-0.25, -0.2) is 4.98 Å². The molecule has 1 aliphatic rings. The van der Waals surface area contributed by atoms with Crippen molar-refractivity contribution in [3.05, 3.63) is 95.7 Å². The predicted molar refractivity (Wildman–Crippen MR) is 127 cm³/mol. The van der Waals surface area contributed by atoms with Gasteiger partial charge in [0.05, 0.1) is 17.4 Å². The summed E-state index contributed by atoms with van der Waals surface area (Å²) in [5.41, 5.74) is 1.80. The van der Waals surface area contributed by atoms with Gasteiger partial charge in [0.25, 0.3) is 0 Å². The molecule has 0 atom stereocenters. The summed E-state index contributed by atoms with van der Waals surface area (Å²) < 4.78 is 38.2. The maximum absolute atomic E-state index is 12.7. The fourth-order valence-corrected chi connectivity index (χ4v) is 3.76. The Morgan fingerprint density at radius 3 is 2.26 bits per heavy atom. The molecule has 176 valence electrons. The third-order valence-corrected chi connectivity index (χ3v) is 5.63. The molecule has 0 aliphatic carbocycles. The summed E-state index contributed by atoms with van der Waals surface area (Å²) in [4.78, 5) is 21.0. The van der Waals surface area contributed by atoms with Gasteiger partial charge in [-0.1, -0.05) is 42.5 Å². The van der Waals surface area contributed by atoms with Crippen LogP contribution in [0.15, 0.2) is 79.0 Å². The van der Waals surface area contributed by atoms with Gasteiger partial charge in [-0.15, -0.1) is 0 Å². The van der Waals surface area contributed by atoms with Gasteiger partial charge in [-0.3, -0.25) is 9.69 Å². The van der Waals surface area contributed by atoms with E-state index in [1.165, 1.54) is 6.08 Å². The molecule has 0 bridgehead atoms. The van der Waals surface area contributed by atoms with Gasteiger partial charge in [0.1, 0.15) is 5.82 Å². The third-order valence-electron chi connectivity index (χ3n) is 5.63. The zero-order valence-electron chi connectivity index (χ0n) is 18.5. The standard InChI is InChI=1S/C26H25F3N4O/c27-26(28,29)22-9-6-21(7-10-22)19-32-14-16-33(17-15-32)24-12-11-23(18-30-24)31-25(34)13-8-20-4-2-1-3-5-20/h1-13,18H,14-17,19H2,(H,31,34)/b13-8+. The lowest BCUT2D eigenvalue weighted by atomic mass is 10.1. The Hall–Kier alpha value is -3.65. The molecule has 8 heteroatoms. The molecule has 1 aliphatic heterocycles. The number of carbonyl (C=O) groups is 1. The van der Waals surface area contributed by atoms with Gasteiger partial charge >= 0.3 is 6.18 Å². The van der Waals surface area contributed by atoms with Crippen LogP contribution < -0.4 is 10.2 Å². The Kier molecular flexibility index (Phi) is 7.27. The highest BCUT2D eigenvalue weighted by Gasteiger charge is 2.30. The lowest BCUT2D eigenvalue weighted by Gasteiger charge is -2.35. The molecule has 34 heavy (non-hydrogen) atoms. The number of hydrogen-bond donors (Lipinski definition) is 1. The summed E-state index contributed by atoms with van der Waals surface area (Å²) in [5, 5.41) is 2.80. The molecule has 2 heterocycles. The third kappa shape index (κ3) is 6.45. The highest BCUT2D eigenvalue weighted by molar-refractivity contribution is 6.01. The summed E-state index contributed by atoms with van der Waals surface area (Å²) in [6, 6.07) is 18.6. The summed E-state index contributed by atoms with van der Waals surface area (Å²) in [7, 11) is 0. The Labute approximate surface area is 196 Å². The summed E-state index contributed by atoms with van der Waals surface area (Å²) in [6.07, 6.45) is 0.562. The van der Waals surface area contributed by atoms with Crippen LogP contribution in [0.1, 0.15) is 16.7 Å². The quantitative estimate of drug-likeness (QED) is 0.515. The van der Waals surface area contributed by atoms with Crippen LogP contribution in [0.25, 0.3) is 6.08 Å². The second kappa shape index (κ2) is 10.5. The van der Waals surface area contributed by atoms with E-state index in [1.54, 1.807) is 24.4 Å². The van der Waals surface area contributed by atoms with E-state index in [9.17, 15) is 18.0 Å². The molecule has 0 spiro atoms. The van der Waals surface area contributed by atoms with Crippen LogP contribution in [0.3, 0.4) is 0 Å². The van der Waals surface area contributed by atoms with Gasteiger partial charge in [-0.05, 0) is 41.5 Å². The van der Waals surface area contributed by atoms with Crippen molar-refractivity contribution >= 4 is 23.5 Å². The van der Waals surface area contributed by atoms with Gasteiger partial charge in [0.15, 0.2) is 0 Å². The van der Waals surface area contributed by atoms with Gasteiger partial charge in [0.2, 0.25) is 5.91 Å². The number of benzene rings is 2. The van der Waals surface area contributed by atoms with E-state index in [0.29, 0.717) is 12.2 Å². The zero-order valence-corrected chi connectivity index (χ0v) is 18.5. The second-order valence-electron chi connectivity index (χ2n) is 8.10. The minimum atomic E-state index is -4.31. The number of nitrogens with one attached hydrogen (secondary N) is 1. The Balaban J connectivity index is 1.25. The van der Waals surface area contributed by atoms with Crippen LogP contribution in [0, 0.1) is 0 Å². The molecule has 1 saturated heterocycles. The fraction of sp³-hybridized carbons (Fsp3) is 0.231. The number of piperazine rings is 1. The van der Waals surface area contributed by atoms with Gasteiger partial charge in [-0.2, -0.15) is 13.2 Å². The number of aromatic nitrogens is 1. The maximum atomic E-state index is 12.7. The van der Waals surface area contributed by atoms with E-state index in [0.717, 1.165) is 55.3 Å². The number of rotatable bonds is 6. The van der Waals surface area contributed by atoms with E-state index in [1.807, 2.05) is 42.5 Å². The molecule has 0 unspecified atom stereocenters. The number of pyridine rings is 1. The largest absolute Gasteiger partial charge is 0.416 e. The van der Waals surface area contributed by atoms with Crippen molar-refractivity contribution in [2.24, 2.45) is 0 Å². The van der Waals surface area contributed by atoms with Crippen molar-refractivity contribution in [2.45, 2.75) is 12.7 Å². The first-order chi connectivity index (χ1) is 16.4. The molecule has 0 radical (unpaired) electrons. The van der Waals surface area contributed by atoms with Gasteiger partial charge < -0.3 is 10.2 Å². The van der Waals surface area contributed by atoms with Crippen molar-refractivity contribution < 1.29 is 18.0 Å².